The predicted octanol–water partition coefficient (Wildman–Crippen LogP) is 5.59. The van der Waals surface area contributed by atoms with Crippen molar-refractivity contribution in [3.8, 4) is 11.3 Å². The van der Waals surface area contributed by atoms with Crippen LogP contribution >= 0.6 is 0 Å². The van der Waals surface area contributed by atoms with E-state index in [4.69, 9.17) is 0 Å². The Labute approximate surface area is 156 Å². The Morgan fingerprint density at radius 2 is 1.75 bits per heavy atom. The van der Waals surface area contributed by atoms with Crippen molar-refractivity contribution in [3.05, 3.63) is 78.4 Å². The molecule has 0 saturated carbocycles. The molecule has 4 rings (SSSR count). The lowest BCUT2D eigenvalue weighted by atomic mass is 10.1. The van der Waals surface area contributed by atoms with Crippen LogP contribution in [0.25, 0.3) is 22.2 Å². The largest absolute Gasteiger partial charge is 0.416 e. The monoisotopic (exact) mass is 384 g/mol. The van der Waals surface area contributed by atoms with Crippen molar-refractivity contribution in [1.82, 2.24) is 15.0 Å². The fourth-order valence-electron chi connectivity index (χ4n) is 2.76. The van der Waals surface area contributed by atoms with E-state index in [2.05, 4.69) is 20.3 Å². The van der Waals surface area contributed by atoms with Gasteiger partial charge in [0.25, 0.3) is 0 Å². The molecule has 0 unspecified atom stereocenters. The van der Waals surface area contributed by atoms with Crippen LogP contribution in [0.15, 0.2) is 67.0 Å². The van der Waals surface area contributed by atoms with Crippen molar-refractivity contribution < 1.29 is 17.6 Å². The number of nitrogens with zero attached hydrogens (tertiary/aromatic N) is 3. The van der Waals surface area contributed by atoms with Crippen LogP contribution in [0.1, 0.15) is 5.56 Å². The molecule has 28 heavy (non-hydrogen) atoms. The molecule has 0 saturated heterocycles. The summed E-state index contributed by atoms with van der Waals surface area (Å²) >= 11 is 0. The summed E-state index contributed by atoms with van der Waals surface area (Å²) in [6.45, 7) is 0. The number of aromatic nitrogens is 3. The molecule has 4 nitrogen and oxygen atoms in total. The second-order valence-electron chi connectivity index (χ2n) is 6.00. The number of anilines is 2. The molecule has 4 aromatic rings. The van der Waals surface area contributed by atoms with Crippen LogP contribution in [0.5, 0.6) is 0 Å². The zero-order valence-electron chi connectivity index (χ0n) is 14.2. The van der Waals surface area contributed by atoms with Crippen molar-refractivity contribution in [2.24, 2.45) is 0 Å². The van der Waals surface area contributed by atoms with Crippen LogP contribution in [-0.4, -0.2) is 15.0 Å². The van der Waals surface area contributed by atoms with E-state index < -0.39 is 17.6 Å². The molecular formula is C20H12F4N4. The van der Waals surface area contributed by atoms with Gasteiger partial charge in [0.2, 0.25) is 5.95 Å². The summed E-state index contributed by atoms with van der Waals surface area (Å²) in [4.78, 5) is 12.2. The van der Waals surface area contributed by atoms with Crippen LogP contribution in [0.4, 0.5) is 29.2 Å². The number of hydrogen-bond acceptors (Lipinski definition) is 4. The highest BCUT2D eigenvalue weighted by atomic mass is 19.4. The summed E-state index contributed by atoms with van der Waals surface area (Å²) in [5.41, 5.74) is 0.367. The number of alkyl halides is 3. The average Bonchev–Trinajstić information content (AvgIpc) is 2.69. The van der Waals surface area contributed by atoms with Gasteiger partial charge in [-0.3, -0.25) is 4.98 Å². The summed E-state index contributed by atoms with van der Waals surface area (Å²) in [6, 6.07) is 13.4. The van der Waals surface area contributed by atoms with Crippen LogP contribution in [-0.2, 0) is 6.18 Å². The molecule has 8 heteroatoms. The third-order valence-electron chi connectivity index (χ3n) is 4.07. The second kappa shape index (κ2) is 6.88. The highest BCUT2D eigenvalue weighted by molar-refractivity contribution is 5.82. The predicted molar refractivity (Wildman–Crippen MR) is 97.5 cm³/mol. The smallest absolute Gasteiger partial charge is 0.324 e. The van der Waals surface area contributed by atoms with Crippen LogP contribution in [0.3, 0.4) is 0 Å². The van der Waals surface area contributed by atoms with E-state index in [0.717, 1.165) is 29.2 Å². The molecular weight excluding hydrogens is 372 g/mol. The van der Waals surface area contributed by atoms with Crippen LogP contribution in [0.2, 0.25) is 0 Å². The lowest BCUT2D eigenvalue weighted by molar-refractivity contribution is -0.137. The summed E-state index contributed by atoms with van der Waals surface area (Å²) in [7, 11) is 0. The van der Waals surface area contributed by atoms with Gasteiger partial charge in [0, 0.05) is 22.8 Å². The average molecular weight is 384 g/mol. The molecule has 0 atom stereocenters. The van der Waals surface area contributed by atoms with Gasteiger partial charge >= 0.3 is 6.18 Å². The SMILES string of the molecule is Fc1cnc(Nc2ccc3ncccc3c2)nc1-c1cccc(C(F)(F)F)c1. The fourth-order valence-corrected chi connectivity index (χ4v) is 2.76. The molecule has 0 aliphatic heterocycles. The number of hydrogen-bond donors (Lipinski definition) is 1. The van der Waals surface area contributed by atoms with Crippen LogP contribution in [0, 0.1) is 5.82 Å². The lowest BCUT2D eigenvalue weighted by Crippen LogP contribution is -2.05. The van der Waals surface area contributed by atoms with E-state index in [-0.39, 0.29) is 17.2 Å². The minimum Gasteiger partial charge on any atom is -0.324 e. The summed E-state index contributed by atoms with van der Waals surface area (Å²) in [5, 5.41) is 3.82. The molecule has 1 N–H and O–H groups in total. The maximum Gasteiger partial charge on any atom is 0.416 e. The molecule has 0 amide bonds. The standard InChI is InChI=1S/C20H12F4N4/c21-16-11-26-19(27-15-6-7-17-12(10-15)4-2-8-25-17)28-18(16)13-3-1-5-14(9-13)20(22,23)24/h1-11H,(H,26,27,28). The quantitative estimate of drug-likeness (QED) is 0.468. The number of fused-ring (bicyclic) bond motifs is 1. The van der Waals surface area contributed by atoms with Gasteiger partial charge in [-0.05, 0) is 36.4 Å². The van der Waals surface area contributed by atoms with Gasteiger partial charge in [0.05, 0.1) is 17.3 Å². The van der Waals surface area contributed by atoms with E-state index in [9.17, 15) is 17.6 Å². The van der Waals surface area contributed by atoms with Crippen molar-refractivity contribution in [2.45, 2.75) is 6.18 Å². The molecule has 0 aliphatic rings. The highest BCUT2D eigenvalue weighted by Crippen LogP contribution is 2.32. The van der Waals surface area contributed by atoms with E-state index in [1.807, 2.05) is 12.1 Å². The summed E-state index contributed by atoms with van der Waals surface area (Å²) in [5.74, 6) is -0.746. The Morgan fingerprint density at radius 1 is 0.893 bits per heavy atom. The molecule has 140 valence electrons. The minimum atomic E-state index is -4.53. The van der Waals surface area contributed by atoms with Crippen molar-refractivity contribution in [1.29, 1.82) is 0 Å². The van der Waals surface area contributed by atoms with Crippen molar-refractivity contribution in [3.63, 3.8) is 0 Å². The third kappa shape index (κ3) is 3.62. The molecule has 0 aliphatic carbocycles. The Hall–Kier alpha value is -3.55. The highest BCUT2D eigenvalue weighted by Gasteiger charge is 2.30. The van der Waals surface area contributed by atoms with E-state index in [1.165, 1.54) is 12.1 Å². The number of halogens is 4. The molecule has 0 bridgehead atoms. The van der Waals surface area contributed by atoms with Gasteiger partial charge in [0.1, 0.15) is 5.69 Å². The van der Waals surface area contributed by atoms with Gasteiger partial charge in [-0.25, -0.2) is 14.4 Å². The first-order valence-electron chi connectivity index (χ1n) is 8.22. The van der Waals surface area contributed by atoms with E-state index in [0.29, 0.717) is 5.69 Å². The van der Waals surface area contributed by atoms with Gasteiger partial charge in [-0.1, -0.05) is 18.2 Å². The maximum atomic E-state index is 14.2. The first-order valence-corrected chi connectivity index (χ1v) is 8.22. The molecule has 2 heterocycles. The van der Waals surface area contributed by atoms with Gasteiger partial charge in [-0.2, -0.15) is 13.2 Å². The first kappa shape index (κ1) is 17.8. The van der Waals surface area contributed by atoms with Crippen molar-refractivity contribution >= 4 is 22.5 Å². The molecule has 2 aromatic heterocycles. The second-order valence-corrected chi connectivity index (χ2v) is 6.00. The zero-order valence-corrected chi connectivity index (χ0v) is 14.2. The number of pyridine rings is 1. The number of benzene rings is 2. The van der Waals surface area contributed by atoms with Crippen LogP contribution < -0.4 is 5.32 Å². The molecule has 0 radical (unpaired) electrons. The van der Waals surface area contributed by atoms with E-state index >= 15 is 0 Å². The number of rotatable bonds is 3. The summed E-state index contributed by atoms with van der Waals surface area (Å²) in [6.07, 6.45) is -1.92. The van der Waals surface area contributed by atoms with Gasteiger partial charge < -0.3 is 5.32 Å². The lowest BCUT2D eigenvalue weighted by Gasteiger charge is -2.10. The topological polar surface area (TPSA) is 50.7 Å². The molecule has 2 aromatic carbocycles. The first-order chi connectivity index (χ1) is 13.4. The normalized spacial score (nSPS) is 11.6. The van der Waals surface area contributed by atoms with Gasteiger partial charge in [-0.15, -0.1) is 0 Å². The Bertz CT molecular complexity index is 1160. The Morgan fingerprint density at radius 3 is 2.57 bits per heavy atom. The zero-order chi connectivity index (χ0) is 19.7. The fraction of sp³-hybridized carbons (Fsp3) is 0.0500. The molecule has 0 spiro atoms. The Kier molecular flexibility index (Phi) is 4.38. The maximum absolute atomic E-state index is 14.2. The number of nitrogens with one attached hydrogen (secondary N) is 1. The van der Waals surface area contributed by atoms with Crippen molar-refractivity contribution in [2.75, 3.05) is 5.32 Å². The molecule has 0 fully saturated rings. The minimum absolute atomic E-state index is 0.0143. The summed E-state index contributed by atoms with van der Waals surface area (Å²) < 4.78 is 53.0. The van der Waals surface area contributed by atoms with Gasteiger partial charge in [0.15, 0.2) is 5.82 Å². The third-order valence-corrected chi connectivity index (χ3v) is 4.07. The van der Waals surface area contributed by atoms with E-state index in [1.54, 1.807) is 24.4 Å². The Balaban J connectivity index is 1.69.